The smallest absolute Gasteiger partial charge is 0.409 e. The van der Waals surface area contributed by atoms with Crippen molar-refractivity contribution in [2.45, 2.75) is 0 Å². The second-order valence-corrected chi connectivity index (χ2v) is 10.9. The number of anilines is 3. The molecule has 53 heavy (non-hydrogen) atoms. The normalized spacial score (nSPS) is 11.1. The third-order valence-electron chi connectivity index (χ3n) is 7.13. The van der Waals surface area contributed by atoms with E-state index in [9.17, 15) is 9.90 Å². The molecule has 4 aromatic rings. The highest BCUT2D eigenvalue weighted by atomic mass is 16.6. The van der Waals surface area contributed by atoms with Gasteiger partial charge in [-0.05, 0) is 12.1 Å². The van der Waals surface area contributed by atoms with Crippen LogP contribution in [0.1, 0.15) is 0 Å². The molecule has 1 heterocycles. The Bertz CT molecular complexity index is 1650. The van der Waals surface area contributed by atoms with Crippen molar-refractivity contribution in [3.05, 3.63) is 66.9 Å². The molecule has 0 saturated heterocycles. The fourth-order valence-electron chi connectivity index (χ4n) is 4.69. The molecule has 0 saturated carbocycles. The molecule has 0 radical (unpaired) electrons. The molecule has 3 N–H and O–H groups in total. The van der Waals surface area contributed by atoms with Crippen LogP contribution in [-0.4, -0.2) is 128 Å². The van der Waals surface area contributed by atoms with Crippen molar-refractivity contribution in [3.63, 3.8) is 0 Å². The Hall–Kier alpha value is -4.81. The number of nitrogens with zero attached hydrogens (tertiary/aromatic N) is 2. The van der Waals surface area contributed by atoms with Crippen molar-refractivity contribution in [1.82, 2.24) is 9.97 Å². The van der Waals surface area contributed by atoms with E-state index in [0.29, 0.717) is 132 Å². The third-order valence-corrected chi connectivity index (χ3v) is 7.13. The van der Waals surface area contributed by atoms with Crippen LogP contribution in [0.2, 0.25) is 0 Å². The van der Waals surface area contributed by atoms with Gasteiger partial charge in [0.25, 0.3) is 0 Å². The number of rotatable bonds is 28. The maximum Gasteiger partial charge on any atom is 0.409 e. The summed E-state index contributed by atoms with van der Waals surface area (Å²) in [5, 5.41) is 16.2. The summed E-state index contributed by atoms with van der Waals surface area (Å²) in [5.74, 6) is 2.23. The number of aromatic nitrogens is 2. The standard InChI is InChI=1S/C37H48N4O12/c1-44-11-12-46-13-14-47-15-16-48-17-18-49-19-20-50-21-22-51-23-24-52-30-26-28(25-29(27-30)45-2)39-36-38-10-9-35(41-36)53-34-8-7-33(40-37(42)43)31-5-3-4-6-32(31)34/h3-10,25-27,40H,11-24H2,1-2H3,(H,42,43)(H,38,39,41). The lowest BCUT2D eigenvalue weighted by atomic mass is 10.1. The number of nitrogens with one attached hydrogen (secondary N) is 2. The number of methoxy groups -OCH3 is 2. The Morgan fingerprint density at radius 2 is 1.23 bits per heavy atom. The van der Waals surface area contributed by atoms with E-state index < -0.39 is 6.09 Å². The Labute approximate surface area is 308 Å². The molecule has 1 amide bonds. The first-order valence-electron chi connectivity index (χ1n) is 17.1. The molecule has 0 aliphatic carbocycles. The van der Waals surface area contributed by atoms with Gasteiger partial charge < -0.3 is 57.8 Å². The van der Waals surface area contributed by atoms with Gasteiger partial charge in [0.15, 0.2) is 0 Å². The second-order valence-electron chi connectivity index (χ2n) is 10.9. The van der Waals surface area contributed by atoms with Gasteiger partial charge in [-0.3, -0.25) is 5.32 Å². The fourth-order valence-corrected chi connectivity index (χ4v) is 4.69. The first-order valence-corrected chi connectivity index (χ1v) is 17.1. The lowest BCUT2D eigenvalue weighted by molar-refractivity contribution is -0.0199. The molecule has 3 aromatic carbocycles. The van der Waals surface area contributed by atoms with Gasteiger partial charge in [-0.2, -0.15) is 4.98 Å². The monoisotopic (exact) mass is 740 g/mol. The number of hydrogen-bond acceptors (Lipinski definition) is 14. The number of fused-ring (bicyclic) bond motifs is 1. The van der Waals surface area contributed by atoms with E-state index in [2.05, 4.69) is 20.6 Å². The van der Waals surface area contributed by atoms with Crippen LogP contribution in [0.5, 0.6) is 23.1 Å². The predicted molar refractivity (Wildman–Crippen MR) is 196 cm³/mol. The summed E-state index contributed by atoms with van der Waals surface area (Å²) in [6.07, 6.45) is 0.418. The van der Waals surface area contributed by atoms with Crippen molar-refractivity contribution in [2.75, 3.05) is 117 Å². The SMILES string of the molecule is COCCOCCOCCOCCOCCOCCOCCOc1cc(Nc2nccc(Oc3ccc(NC(=O)O)c4ccccc34)n2)cc(OC)c1. The van der Waals surface area contributed by atoms with Gasteiger partial charge in [-0.1, -0.05) is 24.3 Å². The third kappa shape index (κ3) is 15.8. The summed E-state index contributed by atoms with van der Waals surface area (Å²) < 4.78 is 55.2. The van der Waals surface area contributed by atoms with E-state index in [1.54, 1.807) is 56.8 Å². The molecular weight excluding hydrogens is 692 g/mol. The molecule has 0 bridgehead atoms. The Morgan fingerprint density at radius 3 is 1.81 bits per heavy atom. The van der Waals surface area contributed by atoms with E-state index >= 15 is 0 Å². The quantitative estimate of drug-likeness (QED) is 0.0631. The van der Waals surface area contributed by atoms with Gasteiger partial charge in [0.05, 0.1) is 98.7 Å². The summed E-state index contributed by atoms with van der Waals surface area (Å²) >= 11 is 0. The van der Waals surface area contributed by atoms with Gasteiger partial charge in [0.1, 0.15) is 23.9 Å². The lowest BCUT2D eigenvalue weighted by Gasteiger charge is -2.13. The molecule has 0 spiro atoms. The van der Waals surface area contributed by atoms with E-state index in [1.807, 2.05) is 24.3 Å². The molecule has 0 aliphatic heterocycles. The summed E-state index contributed by atoms with van der Waals surface area (Å²) in [4.78, 5) is 20.0. The molecule has 16 nitrogen and oxygen atoms in total. The minimum atomic E-state index is -1.15. The number of hydrogen-bond donors (Lipinski definition) is 3. The van der Waals surface area contributed by atoms with E-state index in [0.717, 1.165) is 5.39 Å². The highest BCUT2D eigenvalue weighted by Gasteiger charge is 2.11. The molecule has 1 aromatic heterocycles. The van der Waals surface area contributed by atoms with Crippen molar-refractivity contribution in [3.8, 4) is 23.1 Å². The van der Waals surface area contributed by atoms with Crippen molar-refractivity contribution in [2.24, 2.45) is 0 Å². The maximum atomic E-state index is 11.2. The van der Waals surface area contributed by atoms with Crippen LogP contribution in [0.4, 0.5) is 22.1 Å². The number of ether oxygens (including phenoxy) is 10. The molecule has 0 fully saturated rings. The zero-order valence-electron chi connectivity index (χ0n) is 30.1. The minimum absolute atomic E-state index is 0.287. The van der Waals surface area contributed by atoms with Crippen LogP contribution in [0.25, 0.3) is 10.8 Å². The first-order chi connectivity index (χ1) is 26.1. The van der Waals surface area contributed by atoms with Crippen LogP contribution in [0, 0.1) is 0 Å². The lowest BCUT2D eigenvalue weighted by Crippen LogP contribution is -2.15. The zero-order valence-corrected chi connectivity index (χ0v) is 30.1. The first kappa shape index (κ1) is 41.0. The van der Waals surface area contributed by atoms with Gasteiger partial charge >= 0.3 is 6.09 Å². The minimum Gasteiger partial charge on any atom is -0.497 e. The van der Waals surface area contributed by atoms with E-state index in [4.69, 9.17) is 47.4 Å². The molecule has 0 atom stereocenters. The van der Waals surface area contributed by atoms with E-state index in [-0.39, 0.29) is 5.95 Å². The highest BCUT2D eigenvalue weighted by Crippen LogP contribution is 2.34. The number of carboxylic acid groups (broad SMARTS) is 1. The molecule has 0 aliphatic rings. The number of carbonyl (C=O) groups is 1. The van der Waals surface area contributed by atoms with Crippen LogP contribution in [0.15, 0.2) is 66.9 Å². The maximum absolute atomic E-state index is 11.2. The Morgan fingerprint density at radius 1 is 0.660 bits per heavy atom. The van der Waals surface area contributed by atoms with Crippen molar-refractivity contribution >= 4 is 34.2 Å². The van der Waals surface area contributed by atoms with Gasteiger partial charge in [-0.15, -0.1) is 0 Å². The summed E-state index contributed by atoms with van der Waals surface area (Å²) in [5.41, 5.74) is 1.09. The molecule has 16 heteroatoms. The average Bonchev–Trinajstić information content (AvgIpc) is 3.16. The van der Waals surface area contributed by atoms with Crippen LogP contribution in [0.3, 0.4) is 0 Å². The average molecular weight is 741 g/mol. The highest BCUT2D eigenvalue weighted by molar-refractivity contribution is 6.02. The van der Waals surface area contributed by atoms with Crippen molar-refractivity contribution < 1.29 is 57.3 Å². The van der Waals surface area contributed by atoms with Crippen LogP contribution >= 0.6 is 0 Å². The Balaban J connectivity index is 1.10. The topological polar surface area (TPSA) is 179 Å². The fraction of sp³-hybridized carbons (Fsp3) is 0.432. The van der Waals surface area contributed by atoms with E-state index in [1.165, 1.54) is 0 Å². The predicted octanol–water partition coefficient (Wildman–Crippen LogP) is 5.39. The second kappa shape index (κ2) is 24.4. The van der Waals surface area contributed by atoms with Crippen LogP contribution in [-0.2, 0) is 33.2 Å². The number of benzene rings is 3. The van der Waals surface area contributed by atoms with Crippen molar-refractivity contribution in [1.29, 1.82) is 0 Å². The zero-order chi connectivity index (χ0) is 37.4. The summed E-state index contributed by atoms with van der Waals surface area (Å²) in [6, 6.07) is 17.6. The van der Waals surface area contributed by atoms with Gasteiger partial charge in [0, 0.05) is 54.0 Å². The van der Waals surface area contributed by atoms with Gasteiger partial charge in [0.2, 0.25) is 11.8 Å². The largest absolute Gasteiger partial charge is 0.497 e. The van der Waals surface area contributed by atoms with Gasteiger partial charge in [-0.25, -0.2) is 9.78 Å². The molecule has 0 unspecified atom stereocenters. The Kier molecular flexibility index (Phi) is 18.9. The molecular formula is C37H48N4O12. The number of amides is 1. The summed E-state index contributed by atoms with van der Waals surface area (Å²) in [6.45, 7) is 6.66. The van der Waals surface area contributed by atoms with Crippen LogP contribution < -0.4 is 24.8 Å². The molecule has 288 valence electrons. The molecule has 4 rings (SSSR count). The summed E-state index contributed by atoms with van der Waals surface area (Å²) in [7, 11) is 3.21.